The molecular weight excluding hydrogens is 218 g/mol. The molecule has 90 valence electrons. The van der Waals surface area contributed by atoms with E-state index in [1.807, 2.05) is 13.0 Å². The van der Waals surface area contributed by atoms with Gasteiger partial charge in [-0.1, -0.05) is 0 Å². The van der Waals surface area contributed by atoms with Crippen LogP contribution < -0.4 is 5.32 Å². The van der Waals surface area contributed by atoms with Crippen molar-refractivity contribution in [3.8, 4) is 0 Å². The largest absolute Gasteiger partial charge is 0.463 e. The predicted molar refractivity (Wildman–Crippen MR) is 63.5 cm³/mol. The Bertz CT molecular complexity index is 480. The maximum atomic E-state index is 10.2. The zero-order valence-electron chi connectivity index (χ0n) is 9.84. The molecular formula is C12H15N3O2. The number of hydrogen-bond donors (Lipinski definition) is 2. The molecule has 0 radical (unpaired) electrons. The van der Waals surface area contributed by atoms with Gasteiger partial charge in [-0.2, -0.15) is 0 Å². The molecule has 0 aromatic carbocycles. The molecule has 0 aliphatic heterocycles. The molecule has 2 N–H and O–H groups in total. The third kappa shape index (κ3) is 2.82. The molecule has 0 aliphatic carbocycles. The Labute approximate surface area is 99.5 Å². The van der Waals surface area contributed by atoms with Crippen LogP contribution >= 0.6 is 0 Å². The normalized spacial score (nSPS) is 14.3. The highest BCUT2D eigenvalue weighted by Crippen LogP contribution is 2.22. The standard InChI is InChI=1S/C12H15N3O2/c1-9-4-5-10(17-9)12(2,16)8-15-11-13-6-3-7-14-11/h3-7,16H,8H2,1-2H3,(H,13,14,15). The summed E-state index contributed by atoms with van der Waals surface area (Å²) in [4.78, 5) is 8.03. The smallest absolute Gasteiger partial charge is 0.222 e. The summed E-state index contributed by atoms with van der Waals surface area (Å²) < 4.78 is 5.41. The van der Waals surface area contributed by atoms with Crippen LogP contribution in [-0.2, 0) is 5.60 Å². The molecule has 0 saturated heterocycles. The van der Waals surface area contributed by atoms with E-state index in [4.69, 9.17) is 4.42 Å². The van der Waals surface area contributed by atoms with Crippen LogP contribution in [0.1, 0.15) is 18.4 Å². The Morgan fingerprint density at radius 2 is 2.06 bits per heavy atom. The Hall–Kier alpha value is -1.88. The molecule has 0 fully saturated rings. The minimum absolute atomic E-state index is 0.282. The first-order valence-corrected chi connectivity index (χ1v) is 5.38. The van der Waals surface area contributed by atoms with E-state index in [0.717, 1.165) is 5.76 Å². The van der Waals surface area contributed by atoms with Gasteiger partial charge in [-0.15, -0.1) is 0 Å². The number of nitrogens with zero attached hydrogens (tertiary/aromatic N) is 2. The van der Waals surface area contributed by atoms with E-state index >= 15 is 0 Å². The average molecular weight is 233 g/mol. The van der Waals surface area contributed by atoms with E-state index in [2.05, 4.69) is 15.3 Å². The van der Waals surface area contributed by atoms with Crippen LogP contribution in [0.2, 0.25) is 0 Å². The van der Waals surface area contributed by atoms with Gasteiger partial charge in [0.1, 0.15) is 17.1 Å². The predicted octanol–water partition coefficient (Wildman–Crippen LogP) is 1.70. The Morgan fingerprint density at radius 3 is 2.65 bits per heavy atom. The van der Waals surface area contributed by atoms with Gasteiger partial charge >= 0.3 is 0 Å². The van der Waals surface area contributed by atoms with E-state index in [-0.39, 0.29) is 6.54 Å². The van der Waals surface area contributed by atoms with Gasteiger partial charge in [0.15, 0.2) is 0 Å². The third-order valence-electron chi connectivity index (χ3n) is 2.43. The Morgan fingerprint density at radius 1 is 1.35 bits per heavy atom. The summed E-state index contributed by atoms with van der Waals surface area (Å²) in [7, 11) is 0. The minimum Gasteiger partial charge on any atom is -0.463 e. The number of aliphatic hydroxyl groups is 1. The number of aryl methyl sites for hydroxylation is 1. The van der Waals surface area contributed by atoms with Crippen LogP contribution in [0.4, 0.5) is 5.95 Å². The molecule has 2 aromatic heterocycles. The quantitative estimate of drug-likeness (QED) is 0.841. The molecule has 5 heteroatoms. The summed E-state index contributed by atoms with van der Waals surface area (Å²) in [5, 5.41) is 13.2. The Balaban J connectivity index is 2.03. The van der Waals surface area contributed by atoms with E-state index < -0.39 is 5.60 Å². The fourth-order valence-electron chi connectivity index (χ4n) is 1.45. The van der Waals surface area contributed by atoms with E-state index in [1.54, 1.807) is 31.5 Å². The van der Waals surface area contributed by atoms with Gasteiger partial charge < -0.3 is 14.8 Å². The molecule has 5 nitrogen and oxygen atoms in total. The fraction of sp³-hybridized carbons (Fsp3) is 0.333. The van der Waals surface area contributed by atoms with Gasteiger partial charge in [-0.05, 0) is 32.0 Å². The van der Waals surface area contributed by atoms with Gasteiger partial charge in [-0.25, -0.2) is 9.97 Å². The summed E-state index contributed by atoms with van der Waals surface area (Å²) in [5.41, 5.74) is -1.09. The molecule has 2 heterocycles. The number of furan rings is 1. The molecule has 2 aromatic rings. The zero-order chi connectivity index (χ0) is 12.3. The highest BCUT2D eigenvalue weighted by Gasteiger charge is 2.26. The van der Waals surface area contributed by atoms with Crippen LogP contribution in [0.25, 0.3) is 0 Å². The van der Waals surface area contributed by atoms with Crippen LogP contribution in [0, 0.1) is 6.92 Å². The van der Waals surface area contributed by atoms with Crippen LogP contribution in [0.3, 0.4) is 0 Å². The van der Waals surface area contributed by atoms with E-state index in [0.29, 0.717) is 11.7 Å². The van der Waals surface area contributed by atoms with Crippen LogP contribution in [0.15, 0.2) is 35.0 Å². The van der Waals surface area contributed by atoms with Gasteiger partial charge in [0.25, 0.3) is 0 Å². The van der Waals surface area contributed by atoms with Crippen molar-refractivity contribution in [3.05, 3.63) is 42.1 Å². The second kappa shape index (κ2) is 4.55. The first-order valence-electron chi connectivity index (χ1n) is 5.38. The number of rotatable bonds is 4. The summed E-state index contributed by atoms with van der Waals surface area (Å²) in [6, 6.07) is 5.32. The SMILES string of the molecule is Cc1ccc(C(C)(O)CNc2ncccn2)o1. The highest BCUT2D eigenvalue weighted by atomic mass is 16.4. The molecule has 0 spiro atoms. The lowest BCUT2D eigenvalue weighted by molar-refractivity contribution is 0.0466. The van der Waals surface area contributed by atoms with Crippen molar-refractivity contribution in [1.82, 2.24) is 9.97 Å². The Kier molecular flexibility index (Phi) is 3.10. The number of anilines is 1. The van der Waals surface area contributed by atoms with Crippen molar-refractivity contribution >= 4 is 5.95 Å². The first-order chi connectivity index (χ1) is 8.08. The molecule has 2 rings (SSSR count). The van der Waals surface area contributed by atoms with Gasteiger partial charge in [-0.3, -0.25) is 0 Å². The first kappa shape index (κ1) is 11.6. The lowest BCUT2D eigenvalue weighted by Gasteiger charge is -2.21. The molecule has 1 atom stereocenters. The van der Waals surface area contributed by atoms with Crippen molar-refractivity contribution in [2.24, 2.45) is 0 Å². The molecule has 17 heavy (non-hydrogen) atoms. The maximum Gasteiger partial charge on any atom is 0.222 e. The topological polar surface area (TPSA) is 71.2 Å². The average Bonchev–Trinajstić information content (AvgIpc) is 2.76. The van der Waals surface area contributed by atoms with Gasteiger partial charge in [0, 0.05) is 12.4 Å². The number of hydrogen-bond acceptors (Lipinski definition) is 5. The second-order valence-electron chi connectivity index (χ2n) is 4.11. The maximum absolute atomic E-state index is 10.2. The third-order valence-corrected chi connectivity index (χ3v) is 2.43. The lowest BCUT2D eigenvalue weighted by Crippen LogP contribution is -2.30. The molecule has 0 bridgehead atoms. The fourth-order valence-corrected chi connectivity index (χ4v) is 1.45. The monoisotopic (exact) mass is 233 g/mol. The number of aromatic nitrogens is 2. The molecule has 0 amide bonds. The zero-order valence-corrected chi connectivity index (χ0v) is 9.84. The van der Waals surface area contributed by atoms with Gasteiger partial charge in [0.05, 0.1) is 6.54 Å². The molecule has 1 unspecified atom stereocenters. The van der Waals surface area contributed by atoms with Crippen molar-refractivity contribution in [1.29, 1.82) is 0 Å². The second-order valence-corrected chi connectivity index (χ2v) is 4.11. The van der Waals surface area contributed by atoms with Gasteiger partial charge in [0.2, 0.25) is 5.95 Å². The number of nitrogens with one attached hydrogen (secondary N) is 1. The summed E-state index contributed by atoms with van der Waals surface area (Å²) in [6.45, 7) is 3.80. The van der Waals surface area contributed by atoms with Crippen molar-refractivity contribution < 1.29 is 9.52 Å². The van der Waals surface area contributed by atoms with E-state index in [9.17, 15) is 5.11 Å². The summed E-state index contributed by atoms with van der Waals surface area (Å²) >= 11 is 0. The minimum atomic E-state index is -1.09. The van der Waals surface area contributed by atoms with E-state index in [1.165, 1.54) is 0 Å². The van der Waals surface area contributed by atoms with Crippen LogP contribution in [-0.4, -0.2) is 21.6 Å². The van der Waals surface area contributed by atoms with Crippen LogP contribution in [0.5, 0.6) is 0 Å². The highest BCUT2D eigenvalue weighted by molar-refractivity contribution is 5.25. The van der Waals surface area contributed by atoms with Crippen molar-refractivity contribution in [2.75, 3.05) is 11.9 Å². The van der Waals surface area contributed by atoms with Crippen molar-refractivity contribution in [3.63, 3.8) is 0 Å². The van der Waals surface area contributed by atoms with Crippen molar-refractivity contribution in [2.45, 2.75) is 19.4 Å². The molecule has 0 saturated carbocycles. The lowest BCUT2D eigenvalue weighted by atomic mass is 10.0. The summed E-state index contributed by atoms with van der Waals surface area (Å²) in [6.07, 6.45) is 3.28. The summed E-state index contributed by atoms with van der Waals surface area (Å²) in [5.74, 6) is 1.78. The molecule has 0 aliphatic rings.